The third-order valence-electron chi connectivity index (χ3n) is 6.81. The lowest BCUT2D eigenvalue weighted by molar-refractivity contribution is -0.138. The lowest BCUT2D eigenvalue weighted by Gasteiger charge is -2.25. The number of anilines is 3. The zero-order valence-electron chi connectivity index (χ0n) is 21.7. The number of ether oxygens (including phenoxy) is 2. The molecule has 6 heterocycles. The fourth-order valence-electron chi connectivity index (χ4n) is 4.77. The van der Waals surface area contributed by atoms with Crippen LogP contribution < -0.4 is 20.9 Å². The first kappa shape index (κ1) is 26.8. The van der Waals surface area contributed by atoms with Gasteiger partial charge in [0.2, 0.25) is 5.95 Å². The van der Waals surface area contributed by atoms with Crippen molar-refractivity contribution in [1.29, 1.82) is 0 Å². The lowest BCUT2D eigenvalue weighted by Crippen LogP contribution is -2.32. The van der Waals surface area contributed by atoms with Crippen molar-refractivity contribution in [2.24, 2.45) is 7.05 Å². The maximum atomic E-state index is 13.8. The van der Waals surface area contributed by atoms with Crippen LogP contribution in [-0.4, -0.2) is 54.0 Å². The van der Waals surface area contributed by atoms with Crippen LogP contribution >= 0.6 is 11.6 Å². The Labute approximate surface area is 234 Å². The molecule has 6 rings (SSSR count). The van der Waals surface area contributed by atoms with E-state index in [1.54, 1.807) is 31.0 Å². The molecule has 214 valence electrons. The van der Waals surface area contributed by atoms with E-state index < -0.39 is 23.3 Å². The lowest BCUT2D eigenvalue weighted by atomic mass is 10.1. The van der Waals surface area contributed by atoms with Gasteiger partial charge in [-0.2, -0.15) is 23.3 Å². The zero-order valence-corrected chi connectivity index (χ0v) is 22.5. The van der Waals surface area contributed by atoms with E-state index >= 15 is 0 Å². The van der Waals surface area contributed by atoms with Crippen LogP contribution in [0.3, 0.4) is 0 Å². The molecule has 5 aromatic heterocycles. The Kier molecular flexibility index (Phi) is 6.69. The summed E-state index contributed by atoms with van der Waals surface area (Å²) >= 11 is 6.71. The zero-order chi connectivity index (χ0) is 28.9. The maximum Gasteiger partial charge on any atom is 0.417 e. The van der Waals surface area contributed by atoms with Crippen molar-refractivity contribution in [2.75, 3.05) is 30.9 Å². The first-order valence-electron chi connectivity index (χ1n) is 12.5. The molecule has 0 radical (unpaired) electrons. The molecule has 0 aromatic carbocycles. The Morgan fingerprint density at radius 2 is 2.02 bits per heavy atom. The van der Waals surface area contributed by atoms with E-state index in [1.807, 2.05) is 0 Å². The van der Waals surface area contributed by atoms with Crippen LogP contribution in [0.5, 0.6) is 11.5 Å². The second kappa shape index (κ2) is 10.2. The van der Waals surface area contributed by atoms with Gasteiger partial charge in [-0.05, 0) is 18.9 Å². The van der Waals surface area contributed by atoms with Gasteiger partial charge in [-0.25, -0.2) is 14.5 Å². The average molecular weight is 590 g/mol. The van der Waals surface area contributed by atoms with Crippen molar-refractivity contribution in [1.82, 2.24) is 33.7 Å². The van der Waals surface area contributed by atoms with Gasteiger partial charge >= 0.3 is 6.18 Å². The fourth-order valence-corrected chi connectivity index (χ4v) is 5.07. The Morgan fingerprint density at radius 1 is 1.20 bits per heavy atom. The van der Waals surface area contributed by atoms with Crippen LogP contribution in [0.25, 0.3) is 16.7 Å². The van der Waals surface area contributed by atoms with Gasteiger partial charge in [-0.15, -0.1) is 0 Å². The molecule has 5 aromatic rings. The van der Waals surface area contributed by atoms with Crippen molar-refractivity contribution < 1.29 is 22.6 Å². The number of aromatic nitrogens is 7. The number of aryl methyl sites for hydroxylation is 1. The van der Waals surface area contributed by atoms with Gasteiger partial charge in [-0.3, -0.25) is 4.79 Å². The van der Waals surface area contributed by atoms with Crippen molar-refractivity contribution in [2.45, 2.75) is 25.1 Å². The molecular weight excluding hydrogens is 567 g/mol. The smallest absolute Gasteiger partial charge is 0.417 e. The molecule has 0 amide bonds. The number of rotatable bonds is 6. The number of hydrogen-bond donors (Lipinski definition) is 2. The average Bonchev–Trinajstić information content (AvgIpc) is 3.52. The molecular formula is C25H23ClF3N9O3. The second-order valence-corrected chi connectivity index (χ2v) is 9.76. The van der Waals surface area contributed by atoms with Crippen LogP contribution in [0.4, 0.5) is 30.6 Å². The first-order valence-corrected chi connectivity index (χ1v) is 12.9. The number of fused-ring (bicyclic) bond motifs is 2. The molecule has 1 saturated heterocycles. The third kappa shape index (κ3) is 4.80. The van der Waals surface area contributed by atoms with Crippen molar-refractivity contribution in [3.63, 3.8) is 0 Å². The summed E-state index contributed by atoms with van der Waals surface area (Å²) in [5.41, 5.74) is -0.802. The SMILES string of the molecule is CNc1nccn2ncc(Oc3cnc4nc(Nc5cc(C(F)(F)F)cn(C6CCCOC6)c5=O)n(C)c4c3Cl)c12. The van der Waals surface area contributed by atoms with Gasteiger partial charge in [0.15, 0.2) is 28.5 Å². The van der Waals surface area contributed by atoms with Crippen LogP contribution in [0.2, 0.25) is 5.02 Å². The van der Waals surface area contributed by atoms with Crippen molar-refractivity contribution >= 4 is 45.7 Å². The Balaban J connectivity index is 1.38. The standard InChI is InChI=1S/C25H23ClF3N9O3/c1-30-21-19-17(10-33-38(19)6-5-31-21)41-16-9-32-22-20(18(16)26)36(2)24(35-22)34-15-8-13(25(27,28)29)11-37(23(15)39)14-4-3-7-40-12-14/h5-6,8-11,14H,3-4,7,12H2,1-2H3,(H,30,31)(H,32,34,35). The highest BCUT2D eigenvalue weighted by molar-refractivity contribution is 6.36. The van der Waals surface area contributed by atoms with E-state index in [-0.39, 0.29) is 34.7 Å². The van der Waals surface area contributed by atoms with Gasteiger partial charge in [-0.1, -0.05) is 11.6 Å². The van der Waals surface area contributed by atoms with Gasteiger partial charge in [0.05, 0.1) is 30.6 Å². The summed E-state index contributed by atoms with van der Waals surface area (Å²) in [5, 5.41) is 10.1. The van der Waals surface area contributed by atoms with Crippen molar-refractivity contribution in [3.8, 4) is 11.5 Å². The topological polar surface area (TPSA) is 125 Å². The number of alkyl halides is 3. The van der Waals surface area contributed by atoms with Crippen LogP contribution in [0.15, 0.2) is 41.8 Å². The second-order valence-electron chi connectivity index (χ2n) is 9.38. The summed E-state index contributed by atoms with van der Waals surface area (Å²) in [6.07, 6.45) is 3.44. The number of nitrogens with one attached hydrogen (secondary N) is 2. The number of nitrogens with zero attached hydrogens (tertiary/aromatic N) is 7. The van der Waals surface area contributed by atoms with E-state index in [0.29, 0.717) is 42.0 Å². The molecule has 0 aliphatic carbocycles. The van der Waals surface area contributed by atoms with Crippen LogP contribution in [-0.2, 0) is 18.0 Å². The summed E-state index contributed by atoms with van der Waals surface area (Å²) in [7, 11) is 3.31. The molecule has 12 nitrogen and oxygen atoms in total. The predicted molar refractivity (Wildman–Crippen MR) is 144 cm³/mol. The minimum Gasteiger partial charge on any atom is -0.450 e. The minimum absolute atomic E-state index is 0.0621. The first-order chi connectivity index (χ1) is 19.7. The Morgan fingerprint density at radius 3 is 2.76 bits per heavy atom. The van der Waals surface area contributed by atoms with E-state index in [2.05, 4.69) is 30.7 Å². The molecule has 1 aliphatic rings. The summed E-state index contributed by atoms with van der Waals surface area (Å²) in [5.74, 6) is 1.14. The Hall–Kier alpha value is -4.37. The molecule has 0 bridgehead atoms. The monoisotopic (exact) mass is 589 g/mol. The molecule has 1 fully saturated rings. The molecule has 1 atom stereocenters. The summed E-state index contributed by atoms with van der Waals surface area (Å²) < 4.78 is 56.9. The highest BCUT2D eigenvalue weighted by Gasteiger charge is 2.33. The fraction of sp³-hybridized carbons (Fsp3) is 0.320. The maximum absolute atomic E-state index is 13.8. The molecule has 0 spiro atoms. The van der Waals surface area contributed by atoms with E-state index in [0.717, 1.165) is 16.8 Å². The molecule has 0 saturated carbocycles. The number of imidazole rings is 1. The van der Waals surface area contributed by atoms with Gasteiger partial charge in [0, 0.05) is 39.3 Å². The Bertz CT molecular complexity index is 1830. The number of hydrogen-bond acceptors (Lipinski definition) is 9. The molecule has 2 N–H and O–H groups in total. The summed E-state index contributed by atoms with van der Waals surface area (Å²) in [4.78, 5) is 26.3. The predicted octanol–water partition coefficient (Wildman–Crippen LogP) is 4.77. The van der Waals surface area contributed by atoms with Gasteiger partial charge in [0.25, 0.3) is 5.56 Å². The van der Waals surface area contributed by atoms with E-state index in [9.17, 15) is 18.0 Å². The summed E-state index contributed by atoms with van der Waals surface area (Å²) in [6.45, 7) is 0.646. The van der Waals surface area contributed by atoms with Crippen molar-refractivity contribution in [3.05, 3.63) is 58.0 Å². The third-order valence-corrected chi connectivity index (χ3v) is 7.17. The quantitative estimate of drug-likeness (QED) is 0.288. The molecule has 1 aliphatic heterocycles. The largest absolute Gasteiger partial charge is 0.450 e. The molecule has 1 unspecified atom stereocenters. The highest BCUT2D eigenvalue weighted by Crippen LogP contribution is 2.38. The minimum atomic E-state index is -4.67. The number of pyridine rings is 2. The normalized spacial score (nSPS) is 15.9. The highest BCUT2D eigenvalue weighted by atomic mass is 35.5. The molecule has 41 heavy (non-hydrogen) atoms. The summed E-state index contributed by atoms with van der Waals surface area (Å²) in [6, 6.07) is 0.248. The van der Waals surface area contributed by atoms with Gasteiger partial charge in [0.1, 0.15) is 16.2 Å². The van der Waals surface area contributed by atoms with Crippen LogP contribution in [0, 0.1) is 0 Å². The van der Waals surface area contributed by atoms with E-state index in [4.69, 9.17) is 21.1 Å². The number of halogens is 4. The molecule has 16 heteroatoms. The van der Waals surface area contributed by atoms with Gasteiger partial charge < -0.3 is 29.2 Å². The van der Waals surface area contributed by atoms with Crippen LogP contribution in [0.1, 0.15) is 24.4 Å². The van der Waals surface area contributed by atoms with E-state index in [1.165, 1.54) is 17.0 Å².